The van der Waals surface area contributed by atoms with E-state index in [1.165, 1.54) is 16.4 Å². The summed E-state index contributed by atoms with van der Waals surface area (Å²) in [5.41, 5.74) is 0.465. The highest BCUT2D eigenvalue weighted by molar-refractivity contribution is 7.89. The van der Waals surface area contributed by atoms with Crippen molar-refractivity contribution < 1.29 is 17.9 Å². The van der Waals surface area contributed by atoms with Gasteiger partial charge in [-0.05, 0) is 43.5 Å². The van der Waals surface area contributed by atoms with Crippen LogP contribution in [0.5, 0.6) is 0 Å². The molecule has 0 spiro atoms. The van der Waals surface area contributed by atoms with Gasteiger partial charge in [0.25, 0.3) is 5.91 Å². The van der Waals surface area contributed by atoms with Gasteiger partial charge in [-0.3, -0.25) is 4.79 Å². The van der Waals surface area contributed by atoms with Crippen LogP contribution in [-0.4, -0.2) is 51.0 Å². The molecule has 2 saturated heterocycles. The Bertz CT molecular complexity index is 630. The number of carbonyl (C=O) groups excluding carboxylic acids is 1. The van der Waals surface area contributed by atoms with Crippen molar-refractivity contribution in [2.45, 2.75) is 30.2 Å². The van der Waals surface area contributed by atoms with Gasteiger partial charge in [-0.1, -0.05) is 0 Å². The van der Waals surface area contributed by atoms with Crippen LogP contribution in [0.15, 0.2) is 29.2 Å². The number of rotatable bonds is 4. The Morgan fingerprint density at radius 3 is 2.45 bits per heavy atom. The summed E-state index contributed by atoms with van der Waals surface area (Å²) >= 11 is 0. The van der Waals surface area contributed by atoms with E-state index in [4.69, 9.17) is 4.74 Å². The third kappa shape index (κ3) is 3.16. The van der Waals surface area contributed by atoms with E-state index < -0.39 is 10.0 Å². The molecule has 0 radical (unpaired) electrons. The van der Waals surface area contributed by atoms with Gasteiger partial charge >= 0.3 is 0 Å². The maximum atomic E-state index is 12.4. The van der Waals surface area contributed by atoms with Crippen LogP contribution in [0.3, 0.4) is 0 Å². The van der Waals surface area contributed by atoms with Crippen molar-refractivity contribution in [1.29, 1.82) is 0 Å². The summed E-state index contributed by atoms with van der Waals surface area (Å²) in [5, 5.41) is 2.88. The number of nitrogens with one attached hydrogen (secondary N) is 1. The summed E-state index contributed by atoms with van der Waals surface area (Å²) in [4.78, 5) is 12.3. The number of hydrogen-bond acceptors (Lipinski definition) is 4. The van der Waals surface area contributed by atoms with Gasteiger partial charge in [0.05, 0.1) is 17.5 Å². The van der Waals surface area contributed by atoms with Crippen molar-refractivity contribution in [3.05, 3.63) is 29.8 Å². The second kappa shape index (κ2) is 6.36. The Morgan fingerprint density at radius 1 is 1.18 bits per heavy atom. The molecule has 6 nitrogen and oxygen atoms in total. The number of sulfonamides is 1. The molecule has 1 N–H and O–H groups in total. The summed E-state index contributed by atoms with van der Waals surface area (Å²) in [6.07, 6.45) is 2.62. The fourth-order valence-corrected chi connectivity index (χ4v) is 4.29. The lowest BCUT2D eigenvalue weighted by molar-refractivity contribution is 0.0930. The van der Waals surface area contributed by atoms with Crippen LogP contribution in [0, 0.1) is 0 Å². The van der Waals surface area contributed by atoms with Crippen molar-refractivity contribution in [1.82, 2.24) is 9.62 Å². The van der Waals surface area contributed by atoms with Crippen molar-refractivity contribution >= 4 is 15.9 Å². The molecule has 0 bridgehead atoms. The lowest BCUT2D eigenvalue weighted by Gasteiger charge is -2.16. The number of benzene rings is 1. The summed E-state index contributed by atoms with van der Waals surface area (Å²) in [5.74, 6) is -0.194. The Kier molecular flexibility index (Phi) is 4.46. The number of carbonyl (C=O) groups is 1. The van der Waals surface area contributed by atoms with Crippen LogP contribution in [0.4, 0.5) is 0 Å². The first kappa shape index (κ1) is 15.5. The number of nitrogens with zero attached hydrogens (tertiary/aromatic N) is 1. The second-order valence-electron chi connectivity index (χ2n) is 5.67. The predicted octanol–water partition coefficient (Wildman–Crippen LogP) is 0.990. The molecule has 0 saturated carbocycles. The second-order valence-corrected chi connectivity index (χ2v) is 7.61. The Morgan fingerprint density at radius 2 is 1.86 bits per heavy atom. The van der Waals surface area contributed by atoms with Gasteiger partial charge < -0.3 is 10.1 Å². The topological polar surface area (TPSA) is 75.7 Å². The molecule has 3 rings (SSSR count). The van der Waals surface area contributed by atoms with E-state index in [0.29, 0.717) is 31.9 Å². The molecule has 2 fully saturated rings. The molecular weight excluding hydrogens is 304 g/mol. The monoisotopic (exact) mass is 324 g/mol. The third-order valence-electron chi connectivity index (χ3n) is 4.08. The average molecular weight is 324 g/mol. The Labute approximate surface area is 130 Å². The molecule has 0 unspecified atom stereocenters. The standard InChI is InChI=1S/C15H20N2O4S/c18-15(16-13-7-10-21-11-13)12-3-5-14(6-4-12)22(19,20)17-8-1-2-9-17/h3-6,13H,1-2,7-11H2,(H,16,18)/t13-/m1/s1. The molecule has 7 heteroatoms. The molecule has 1 amide bonds. The van der Waals surface area contributed by atoms with Gasteiger partial charge in [-0.25, -0.2) is 8.42 Å². The molecule has 2 aliphatic heterocycles. The lowest BCUT2D eigenvalue weighted by Crippen LogP contribution is -2.35. The summed E-state index contributed by atoms with van der Waals surface area (Å²) in [6, 6.07) is 6.18. The van der Waals surface area contributed by atoms with Crippen molar-refractivity contribution in [3.63, 3.8) is 0 Å². The van der Waals surface area contributed by atoms with Gasteiger partial charge in [-0.2, -0.15) is 4.31 Å². The van der Waals surface area contributed by atoms with Gasteiger partial charge in [0, 0.05) is 25.3 Å². The number of hydrogen-bond donors (Lipinski definition) is 1. The normalized spacial score (nSPS) is 22.8. The van der Waals surface area contributed by atoms with Crippen molar-refractivity contribution in [3.8, 4) is 0 Å². The first-order chi connectivity index (χ1) is 10.6. The van der Waals surface area contributed by atoms with Crippen molar-refractivity contribution in [2.75, 3.05) is 26.3 Å². The summed E-state index contributed by atoms with van der Waals surface area (Å²) in [6.45, 7) is 2.35. The van der Waals surface area contributed by atoms with Crippen LogP contribution in [0.1, 0.15) is 29.6 Å². The highest BCUT2D eigenvalue weighted by Crippen LogP contribution is 2.21. The average Bonchev–Trinajstić information content (AvgIpc) is 3.21. The quantitative estimate of drug-likeness (QED) is 0.896. The highest BCUT2D eigenvalue weighted by Gasteiger charge is 2.27. The first-order valence-electron chi connectivity index (χ1n) is 7.56. The molecule has 1 aromatic carbocycles. The Balaban J connectivity index is 1.70. The Hall–Kier alpha value is -1.44. The molecule has 120 valence electrons. The highest BCUT2D eigenvalue weighted by atomic mass is 32.2. The first-order valence-corrected chi connectivity index (χ1v) is 9.00. The molecule has 2 heterocycles. The van der Waals surface area contributed by atoms with E-state index in [-0.39, 0.29) is 16.8 Å². The van der Waals surface area contributed by atoms with E-state index in [1.807, 2.05) is 0 Å². The zero-order valence-electron chi connectivity index (χ0n) is 12.3. The molecule has 0 aliphatic carbocycles. The van der Waals surface area contributed by atoms with Crippen molar-refractivity contribution in [2.24, 2.45) is 0 Å². The fourth-order valence-electron chi connectivity index (χ4n) is 2.77. The zero-order chi connectivity index (χ0) is 15.6. The predicted molar refractivity (Wildman–Crippen MR) is 81.1 cm³/mol. The molecule has 0 aromatic heterocycles. The van der Waals surface area contributed by atoms with Crippen LogP contribution >= 0.6 is 0 Å². The molecule has 22 heavy (non-hydrogen) atoms. The van der Waals surface area contributed by atoms with Gasteiger partial charge in [-0.15, -0.1) is 0 Å². The van der Waals surface area contributed by atoms with Crippen LogP contribution in [0.2, 0.25) is 0 Å². The minimum Gasteiger partial charge on any atom is -0.379 e. The largest absolute Gasteiger partial charge is 0.379 e. The van der Waals surface area contributed by atoms with E-state index >= 15 is 0 Å². The molecule has 1 aromatic rings. The van der Waals surface area contributed by atoms with E-state index in [0.717, 1.165) is 19.3 Å². The SMILES string of the molecule is O=C(N[C@@H]1CCOC1)c1ccc(S(=O)(=O)N2CCCC2)cc1. The maximum Gasteiger partial charge on any atom is 0.251 e. The van der Waals surface area contributed by atoms with Crippen LogP contribution < -0.4 is 5.32 Å². The van der Waals surface area contributed by atoms with Crippen LogP contribution in [-0.2, 0) is 14.8 Å². The molecular formula is C15H20N2O4S. The van der Waals surface area contributed by atoms with E-state index in [2.05, 4.69) is 5.32 Å². The van der Waals surface area contributed by atoms with Gasteiger partial charge in [0.1, 0.15) is 0 Å². The van der Waals surface area contributed by atoms with E-state index in [9.17, 15) is 13.2 Å². The minimum atomic E-state index is -3.42. The minimum absolute atomic E-state index is 0.0421. The summed E-state index contributed by atoms with van der Waals surface area (Å²) in [7, 11) is -3.42. The zero-order valence-corrected chi connectivity index (χ0v) is 13.1. The van der Waals surface area contributed by atoms with Gasteiger partial charge in [0.2, 0.25) is 10.0 Å². The smallest absolute Gasteiger partial charge is 0.251 e. The molecule has 2 aliphatic rings. The lowest BCUT2D eigenvalue weighted by atomic mass is 10.2. The number of amides is 1. The maximum absolute atomic E-state index is 12.4. The molecule has 1 atom stereocenters. The summed E-state index contributed by atoms with van der Waals surface area (Å²) < 4.78 is 31.5. The van der Waals surface area contributed by atoms with E-state index in [1.54, 1.807) is 12.1 Å². The van der Waals surface area contributed by atoms with Crippen LogP contribution in [0.25, 0.3) is 0 Å². The van der Waals surface area contributed by atoms with Gasteiger partial charge in [0.15, 0.2) is 0 Å². The number of ether oxygens (including phenoxy) is 1. The third-order valence-corrected chi connectivity index (χ3v) is 6.00. The fraction of sp³-hybridized carbons (Fsp3) is 0.533.